The van der Waals surface area contributed by atoms with E-state index in [0.717, 1.165) is 11.3 Å². The van der Waals surface area contributed by atoms with Gasteiger partial charge in [-0.25, -0.2) is 4.98 Å². The summed E-state index contributed by atoms with van der Waals surface area (Å²) in [5, 5.41) is 2.55. The summed E-state index contributed by atoms with van der Waals surface area (Å²) in [5.74, 6) is 3.34. The second-order valence-electron chi connectivity index (χ2n) is 6.35. The number of aromatic nitrogens is 1. The minimum absolute atomic E-state index is 0.0773. The van der Waals surface area contributed by atoms with Gasteiger partial charge in [-0.15, -0.1) is 18.2 Å². The molecule has 6 nitrogen and oxygen atoms in total. The Morgan fingerprint density at radius 3 is 2.73 bits per heavy atom. The molecule has 0 aliphatic carbocycles. The van der Waals surface area contributed by atoms with Gasteiger partial charge in [0.15, 0.2) is 0 Å². The smallest absolute Gasteiger partial charge is 0.239 e. The third-order valence-electron chi connectivity index (χ3n) is 4.25. The fourth-order valence-corrected chi connectivity index (χ4v) is 3.49. The van der Waals surface area contributed by atoms with Gasteiger partial charge in [-0.3, -0.25) is 9.59 Å². The maximum absolute atomic E-state index is 12.8. The molecule has 3 rings (SSSR count). The molecule has 30 heavy (non-hydrogen) atoms. The van der Waals surface area contributed by atoms with Gasteiger partial charge in [-0.1, -0.05) is 30.2 Å². The highest BCUT2D eigenvalue weighted by Crippen LogP contribution is 2.22. The molecule has 152 valence electrons. The SMILES string of the molecule is C#Cc1cccc(N(CC(=O)NC)C(=O)CSCc2coc(-c3ccccc3)n2)c1. The number of carbonyl (C=O) groups excluding carboxylic acids is 2. The number of nitrogens with one attached hydrogen (secondary N) is 1. The van der Waals surface area contributed by atoms with E-state index in [9.17, 15) is 9.59 Å². The van der Waals surface area contributed by atoms with Crippen molar-refractivity contribution >= 4 is 29.3 Å². The van der Waals surface area contributed by atoms with Crippen LogP contribution in [0.15, 0.2) is 65.3 Å². The molecular formula is C23H21N3O3S. The monoisotopic (exact) mass is 419 g/mol. The van der Waals surface area contributed by atoms with Crippen molar-refractivity contribution in [2.24, 2.45) is 0 Å². The van der Waals surface area contributed by atoms with Crippen LogP contribution in [0.25, 0.3) is 11.5 Å². The number of rotatable bonds is 8. The first-order valence-electron chi connectivity index (χ1n) is 9.26. The molecule has 0 spiro atoms. The number of nitrogens with zero attached hydrogens (tertiary/aromatic N) is 2. The Bertz CT molecular complexity index is 1060. The largest absolute Gasteiger partial charge is 0.444 e. The Hall–Kier alpha value is -3.50. The van der Waals surface area contributed by atoms with E-state index in [1.807, 2.05) is 30.3 Å². The third kappa shape index (κ3) is 5.52. The number of terminal acetylenes is 1. The number of oxazole rings is 1. The molecule has 7 heteroatoms. The van der Waals surface area contributed by atoms with E-state index < -0.39 is 0 Å². The molecule has 0 bridgehead atoms. The summed E-state index contributed by atoms with van der Waals surface area (Å²) in [6, 6.07) is 16.6. The molecule has 0 unspecified atom stereocenters. The van der Waals surface area contributed by atoms with Gasteiger partial charge >= 0.3 is 0 Å². The molecule has 2 amide bonds. The minimum atomic E-state index is -0.261. The highest BCUT2D eigenvalue weighted by atomic mass is 32.2. The normalized spacial score (nSPS) is 10.3. The van der Waals surface area contributed by atoms with E-state index in [0.29, 0.717) is 22.9 Å². The van der Waals surface area contributed by atoms with Crippen molar-refractivity contribution in [2.45, 2.75) is 5.75 Å². The first-order valence-corrected chi connectivity index (χ1v) is 10.4. The van der Waals surface area contributed by atoms with Crippen LogP contribution in [0.4, 0.5) is 5.69 Å². The standard InChI is InChI=1S/C23H21N3O3S/c1-3-17-8-7-11-20(12-17)26(13-21(27)24-2)22(28)16-30-15-19-14-29-23(25-19)18-9-5-4-6-10-18/h1,4-12,14H,13,15-16H2,2H3,(H,24,27). The number of anilines is 1. The number of hydrogen-bond donors (Lipinski definition) is 1. The summed E-state index contributed by atoms with van der Waals surface area (Å²) in [6.07, 6.45) is 7.05. The Labute approximate surface area is 179 Å². The van der Waals surface area contributed by atoms with Crippen molar-refractivity contribution in [2.75, 3.05) is 24.2 Å². The van der Waals surface area contributed by atoms with Gasteiger partial charge in [0.25, 0.3) is 0 Å². The first kappa shape index (κ1) is 21.2. The average molecular weight is 420 g/mol. The lowest BCUT2D eigenvalue weighted by atomic mass is 10.2. The second-order valence-corrected chi connectivity index (χ2v) is 7.34. The van der Waals surface area contributed by atoms with Crippen LogP contribution in [-0.2, 0) is 15.3 Å². The van der Waals surface area contributed by atoms with E-state index in [-0.39, 0.29) is 24.1 Å². The molecule has 1 heterocycles. The van der Waals surface area contributed by atoms with Crippen LogP contribution >= 0.6 is 11.8 Å². The highest BCUT2D eigenvalue weighted by Gasteiger charge is 2.19. The first-order chi connectivity index (χ1) is 14.6. The van der Waals surface area contributed by atoms with Gasteiger partial charge in [-0.05, 0) is 30.3 Å². The minimum Gasteiger partial charge on any atom is -0.444 e. The molecule has 0 fully saturated rings. The van der Waals surface area contributed by atoms with Crippen molar-refractivity contribution in [1.82, 2.24) is 10.3 Å². The Kier molecular flexibility index (Phi) is 7.30. The maximum Gasteiger partial charge on any atom is 0.239 e. The van der Waals surface area contributed by atoms with E-state index in [2.05, 4.69) is 16.2 Å². The van der Waals surface area contributed by atoms with Crippen molar-refractivity contribution in [1.29, 1.82) is 0 Å². The van der Waals surface area contributed by atoms with Crippen LogP contribution < -0.4 is 10.2 Å². The van der Waals surface area contributed by atoms with Gasteiger partial charge in [0.05, 0.1) is 11.4 Å². The maximum atomic E-state index is 12.8. The van der Waals surface area contributed by atoms with Gasteiger partial charge in [0.1, 0.15) is 12.8 Å². The zero-order chi connectivity index (χ0) is 21.3. The summed E-state index contributed by atoms with van der Waals surface area (Å²) in [5.41, 5.74) is 2.88. The summed E-state index contributed by atoms with van der Waals surface area (Å²) in [4.78, 5) is 30.7. The molecule has 0 aliphatic rings. The molecule has 0 aliphatic heterocycles. The van der Waals surface area contributed by atoms with Gasteiger partial charge in [-0.2, -0.15) is 0 Å². The molecular weight excluding hydrogens is 398 g/mol. The lowest BCUT2D eigenvalue weighted by Gasteiger charge is -2.22. The predicted octanol–water partition coefficient (Wildman–Crippen LogP) is 3.34. The van der Waals surface area contributed by atoms with E-state index in [1.54, 1.807) is 30.5 Å². The molecule has 0 saturated carbocycles. The van der Waals surface area contributed by atoms with Gasteiger partial charge < -0.3 is 14.6 Å². The molecule has 0 atom stereocenters. The lowest BCUT2D eigenvalue weighted by Crippen LogP contribution is -2.40. The van der Waals surface area contributed by atoms with Crippen LogP contribution in [0.5, 0.6) is 0 Å². The van der Waals surface area contributed by atoms with Crippen LogP contribution in [0.1, 0.15) is 11.3 Å². The summed E-state index contributed by atoms with van der Waals surface area (Å²) < 4.78 is 5.53. The zero-order valence-corrected chi connectivity index (χ0v) is 17.3. The molecule has 2 aromatic carbocycles. The molecule has 1 N–H and O–H groups in total. The Morgan fingerprint density at radius 2 is 2.00 bits per heavy atom. The molecule has 1 aromatic heterocycles. The van der Waals surface area contributed by atoms with Gasteiger partial charge in [0, 0.05) is 29.6 Å². The van der Waals surface area contributed by atoms with E-state index in [1.165, 1.54) is 23.7 Å². The topological polar surface area (TPSA) is 75.4 Å². The summed E-state index contributed by atoms with van der Waals surface area (Å²) in [7, 11) is 1.53. The number of benzene rings is 2. The molecule has 3 aromatic rings. The zero-order valence-electron chi connectivity index (χ0n) is 16.5. The predicted molar refractivity (Wildman–Crippen MR) is 119 cm³/mol. The van der Waals surface area contributed by atoms with Crippen molar-refractivity contribution in [3.63, 3.8) is 0 Å². The number of carbonyl (C=O) groups is 2. The average Bonchev–Trinajstić information content (AvgIpc) is 3.26. The summed E-state index contributed by atoms with van der Waals surface area (Å²) in [6.45, 7) is -0.0773. The second kappa shape index (κ2) is 10.3. The van der Waals surface area contributed by atoms with Crippen LogP contribution in [-0.4, -0.2) is 36.1 Å². The highest BCUT2D eigenvalue weighted by molar-refractivity contribution is 7.99. The van der Waals surface area contributed by atoms with Crippen molar-refractivity contribution in [3.05, 3.63) is 72.1 Å². The van der Waals surface area contributed by atoms with Gasteiger partial charge in [0.2, 0.25) is 17.7 Å². The van der Waals surface area contributed by atoms with Crippen LogP contribution in [0, 0.1) is 12.3 Å². The lowest BCUT2D eigenvalue weighted by molar-refractivity contribution is -0.122. The summed E-state index contributed by atoms with van der Waals surface area (Å²) >= 11 is 1.40. The number of hydrogen-bond acceptors (Lipinski definition) is 5. The number of likely N-dealkylation sites (N-methyl/N-ethyl adjacent to an activating group) is 1. The fraction of sp³-hybridized carbons (Fsp3) is 0.174. The van der Waals surface area contributed by atoms with Crippen molar-refractivity contribution < 1.29 is 14.0 Å². The van der Waals surface area contributed by atoms with E-state index in [4.69, 9.17) is 10.8 Å². The Balaban J connectivity index is 1.64. The Morgan fingerprint density at radius 1 is 1.20 bits per heavy atom. The molecule has 0 saturated heterocycles. The van der Waals surface area contributed by atoms with E-state index >= 15 is 0 Å². The fourth-order valence-electron chi connectivity index (χ4n) is 2.72. The third-order valence-corrected chi connectivity index (χ3v) is 5.21. The number of amides is 2. The quantitative estimate of drug-likeness (QED) is 0.567. The molecule has 0 radical (unpaired) electrons. The van der Waals surface area contributed by atoms with Crippen molar-refractivity contribution in [3.8, 4) is 23.8 Å². The van der Waals surface area contributed by atoms with Crippen LogP contribution in [0.2, 0.25) is 0 Å². The number of thioether (sulfide) groups is 1. The van der Waals surface area contributed by atoms with Crippen LogP contribution in [0.3, 0.4) is 0 Å².